The topological polar surface area (TPSA) is 26.6 Å². The van der Waals surface area contributed by atoms with Crippen LogP contribution >= 0.6 is 15.9 Å². The molecule has 5 heteroatoms. The molecule has 0 aliphatic heterocycles. The molecule has 0 saturated carbocycles. The van der Waals surface area contributed by atoms with E-state index in [0.29, 0.717) is 5.88 Å². The number of rotatable bonds is 7. The van der Waals surface area contributed by atoms with Crippen LogP contribution in [0.1, 0.15) is 22.6 Å². The number of methoxy groups -OCH3 is 1. The van der Waals surface area contributed by atoms with Crippen LogP contribution in [0.2, 0.25) is 0 Å². The number of benzene rings is 3. The summed E-state index contributed by atoms with van der Waals surface area (Å²) in [5, 5.41) is 1.01. The van der Waals surface area contributed by atoms with E-state index in [-0.39, 0.29) is 11.7 Å². The summed E-state index contributed by atoms with van der Waals surface area (Å²) in [5.41, 5.74) is 4.77. The maximum Gasteiger partial charge on any atom is 0.217 e. The summed E-state index contributed by atoms with van der Waals surface area (Å²) in [6.45, 7) is 0.796. The number of halogens is 2. The van der Waals surface area contributed by atoms with Crippen LogP contribution in [-0.2, 0) is 0 Å². The Morgan fingerprint density at radius 1 is 1.03 bits per heavy atom. The average Bonchev–Trinajstić information content (AvgIpc) is 2.81. The summed E-state index contributed by atoms with van der Waals surface area (Å²) in [7, 11) is 5.86. The van der Waals surface area contributed by atoms with Gasteiger partial charge in [0.2, 0.25) is 5.88 Å². The number of pyridine rings is 1. The zero-order valence-corrected chi connectivity index (χ0v) is 20.6. The molecule has 0 amide bonds. The van der Waals surface area contributed by atoms with Crippen LogP contribution in [0.4, 0.5) is 4.39 Å². The lowest BCUT2D eigenvalue weighted by atomic mass is 9.81. The molecular formula is C28H27BrFN2O+. The standard InChI is InChI=1S/C28H26BrFN2O/c1-32(2)15-14-24(20-10-7-11-23(30)17-20)27(19-8-5-4-6-9-19)25-18-21-16-22(29)12-13-26(21)31-28(25)33-3/h4-14,16-18,27H,15H2,1-3H3/p+1. The number of nitrogens with zero attached hydrogens (tertiary/aromatic N) is 1. The van der Waals surface area contributed by atoms with E-state index < -0.39 is 0 Å². The van der Waals surface area contributed by atoms with Crippen molar-refractivity contribution in [2.24, 2.45) is 0 Å². The van der Waals surface area contributed by atoms with Crippen LogP contribution < -0.4 is 9.64 Å². The van der Waals surface area contributed by atoms with Gasteiger partial charge in [0.15, 0.2) is 0 Å². The van der Waals surface area contributed by atoms with Gasteiger partial charge in [-0.25, -0.2) is 9.37 Å². The smallest absolute Gasteiger partial charge is 0.217 e. The minimum absolute atomic E-state index is 0.182. The molecule has 168 valence electrons. The molecule has 4 rings (SSSR count). The van der Waals surface area contributed by atoms with Crippen molar-refractivity contribution in [3.63, 3.8) is 0 Å². The summed E-state index contributed by atoms with van der Waals surface area (Å²) < 4.78 is 21.1. The molecule has 0 radical (unpaired) electrons. The van der Waals surface area contributed by atoms with Gasteiger partial charge in [0.25, 0.3) is 0 Å². The second kappa shape index (κ2) is 10.3. The van der Waals surface area contributed by atoms with E-state index in [9.17, 15) is 4.39 Å². The van der Waals surface area contributed by atoms with Crippen molar-refractivity contribution >= 4 is 32.4 Å². The fourth-order valence-corrected chi connectivity index (χ4v) is 4.45. The molecule has 3 aromatic carbocycles. The minimum Gasteiger partial charge on any atom is -0.481 e. The second-order valence-corrected chi connectivity index (χ2v) is 9.26. The van der Waals surface area contributed by atoms with Crippen LogP contribution in [0.3, 0.4) is 0 Å². The van der Waals surface area contributed by atoms with Gasteiger partial charge in [-0.15, -0.1) is 0 Å². The van der Waals surface area contributed by atoms with Gasteiger partial charge >= 0.3 is 0 Å². The van der Waals surface area contributed by atoms with Crippen molar-refractivity contribution in [3.8, 4) is 5.88 Å². The number of hydrogen-bond donors (Lipinski definition) is 1. The highest BCUT2D eigenvalue weighted by atomic mass is 79.9. The Morgan fingerprint density at radius 3 is 2.52 bits per heavy atom. The zero-order chi connectivity index (χ0) is 23.4. The van der Waals surface area contributed by atoms with Crippen LogP contribution in [0.25, 0.3) is 16.5 Å². The lowest BCUT2D eigenvalue weighted by molar-refractivity contribution is -0.851. The molecule has 1 aromatic heterocycles. The van der Waals surface area contributed by atoms with E-state index in [2.05, 4.69) is 60.4 Å². The number of allylic oxidation sites excluding steroid dienone is 1. The lowest BCUT2D eigenvalue weighted by Gasteiger charge is -2.24. The number of likely N-dealkylation sites (N-methyl/N-ethyl adjacent to an activating group) is 1. The highest BCUT2D eigenvalue weighted by Gasteiger charge is 2.26. The third kappa shape index (κ3) is 5.32. The highest BCUT2D eigenvalue weighted by molar-refractivity contribution is 9.10. The van der Waals surface area contributed by atoms with E-state index in [1.165, 1.54) is 11.0 Å². The van der Waals surface area contributed by atoms with Crippen LogP contribution in [0, 0.1) is 5.82 Å². The maximum absolute atomic E-state index is 14.3. The van der Waals surface area contributed by atoms with Gasteiger partial charge in [-0.1, -0.05) is 58.4 Å². The summed E-state index contributed by atoms with van der Waals surface area (Å²) in [5.74, 6) is 0.131. The predicted molar refractivity (Wildman–Crippen MR) is 136 cm³/mol. The van der Waals surface area contributed by atoms with Crippen LogP contribution in [-0.4, -0.2) is 32.7 Å². The van der Waals surface area contributed by atoms with Crippen molar-refractivity contribution in [3.05, 3.63) is 112 Å². The first-order chi connectivity index (χ1) is 16.0. The van der Waals surface area contributed by atoms with Crippen LogP contribution in [0.15, 0.2) is 89.4 Å². The number of hydrogen-bond acceptors (Lipinski definition) is 2. The van der Waals surface area contributed by atoms with Gasteiger partial charge in [-0.2, -0.15) is 0 Å². The normalized spacial score (nSPS) is 12.8. The summed E-state index contributed by atoms with van der Waals surface area (Å²) in [6.07, 6.45) is 2.20. The second-order valence-electron chi connectivity index (χ2n) is 8.35. The first-order valence-electron chi connectivity index (χ1n) is 10.9. The number of nitrogens with one attached hydrogen (secondary N) is 1. The Morgan fingerprint density at radius 2 is 1.82 bits per heavy atom. The van der Waals surface area contributed by atoms with Gasteiger partial charge in [-0.05, 0) is 59.2 Å². The molecule has 1 unspecified atom stereocenters. The molecule has 4 aromatic rings. The van der Waals surface area contributed by atoms with Gasteiger partial charge < -0.3 is 9.64 Å². The summed E-state index contributed by atoms with van der Waals surface area (Å²) >= 11 is 3.57. The predicted octanol–water partition coefficient (Wildman–Crippen LogP) is 5.51. The highest BCUT2D eigenvalue weighted by Crippen LogP contribution is 2.42. The summed E-state index contributed by atoms with van der Waals surface area (Å²) in [4.78, 5) is 6.10. The molecule has 1 N–H and O–H groups in total. The fraction of sp³-hybridized carbons (Fsp3) is 0.179. The Labute approximate surface area is 202 Å². The molecule has 0 saturated heterocycles. The van der Waals surface area contributed by atoms with E-state index in [0.717, 1.165) is 44.2 Å². The van der Waals surface area contributed by atoms with Crippen molar-refractivity contribution in [2.75, 3.05) is 27.7 Å². The number of ether oxygens (including phenoxy) is 1. The lowest BCUT2D eigenvalue weighted by Crippen LogP contribution is -3.05. The average molecular weight is 506 g/mol. The largest absolute Gasteiger partial charge is 0.481 e. The van der Waals surface area contributed by atoms with Crippen LogP contribution in [0.5, 0.6) is 5.88 Å². The summed E-state index contributed by atoms with van der Waals surface area (Å²) in [6, 6.07) is 25.2. The Kier molecular flexibility index (Phi) is 7.21. The van der Waals surface area contributed by atoms with Crippen molar-refractivity contribution in [1.29, 1.82) is 0 Å². The van der Waals surface area contributed by atoms with E-state index in [4.69, 9.17) is 9.72 Å². The molecule has 0 bridgehead atoms. The molecule has 1 atom stereocenters. The molecule has 3 nitrogen and oxygen atoms in total. The molecule has 33 heavy (non-hydrogen) atoms. The first kappa shape index (κ1) is 23.1. The Bertz CT molecular complexity index is 1290. The maximum atomic E-state index is 14.3. The molecule has 0 fully saturated rings. The first-order valence-corrected chi connectivity index (χ1v) is 11.7. The molecule has 0 aliphatic rings. The van der Waals surface area contributed by atoms with Gasteiger partial charge in [0, 0.05) is 21.3 Å². The van der Waals surface area contributed by atoms with Gasteiger partial charge in [0.05, 0.1) is 33.3 Å². The number of quaternary nitrogens is 1. The molecule has 0 spiro atoms. The molecule has 1 heterocycles. The third-order valence-electron chi connectivity index (χ3n) is 5.61. The van der Waals surface area contributed by atoms with Gasteiger partial charge in [-0.3, -0.25) is 0 Å². The minimum atomic E-state index is -0.255. The number of fused-ring (bicyclic) bond motifs is 1. The SMILES string of the molecule is COc1nc2ccc(Br)cc2cc1C(C(=CC[NH+](C)C)c1cccc(F)c1)c1ccccc1. The Balaban J connectivity index is 2.01. The van der Waals surface area contributed by atoms with Crippen molar-refractivity contribution < 1.29 is 14.0 Å². The fourth-order valence-electron chi connectivity index (χ4n) is 4.07. The third-order valence-corrected chi connectivity index (χ3v) is 6.10. The molecule has 0 aliphatic carbocycles. The zero-order valence-electron chi connectivity index (χ0n) is 19.0. The Hall–Kier alpha value is -3.02. The monoisotopic (exact) mass is 505 g/mol. The molecular weight excluding hydrogens is 479 g/mol. The quantitative estimate of drug-likeness (QED) is 0.358. The van der Waals surface area contributed by atoms with Crippen molar-refractivity contribution in [2.45, 2.75) is 5.92 Å². The number of aromatic nitrogens is 1. The van der Waals surface area contributed by atoms with Crippen molar-refractivity contribution in [1.82, 2.24) is 4.98 Å². The van der Waals surface area contributed by atoms with E-state index >= 15 is 0 Å². The van der Waals surface area contributed by atoms with E-state index in [1.54, 1.807) is 19.2 Å². The van der Waals surface area contributed by atoms with E-state index in [1.807, 2.05) is 36.4 Å². The van der Waals surface area contributed by atoms with Gasteiger partial charge in [0.1, 0.15) is 5.82 Å².